The summed E-state index contributed by atoms with van der Waals surface area (Å²) >= 11 is 1.74. The molecule has 0 atom stereocenters. The van der Waals surface area contributed by atoms with Gasteiger partial charge >= 0.3 is 6.36 Å². The van der Waals surface area contributed by atoms with Crippen molar-refractivity contribution in [3.63, 3.8) is 0 Å². The van der Waals surface area contributed by atoms with Gasteiger partial charge in [-0.15, -0.1) is 47.3 Å². The number of alkyl halides is 3. The number of rotatable bonds is 9. The molecule has 0 saturated carbocycles. The Morgan fingerprint density at radius 3 is 2.60 bits per heavy atom. The Bertz CT molecular complexity index is 815. The topological polar surface area (TPSA) is 76.4 Å². The number of halogens is 4. The predicted molar refractivity (Wildman–Crippen MR) is 123 cm³/mol. The second-order valence-electron chi connectivity index (χ2n) is 6.17. The SMILES string of the molecule is CSCCCNC(=NCc1ccccc1OC(F)(F)F)NCc1nnc(C)n1C.I. The van der Waals surface area contributed by atoms with Gasteiger partial charge in [0, 0.05) is 19.2 Å². The Kier molecular flexibility index (Phi) is 11.3. The lowest BCUT2D eigenvalue weighted by atomic mass is 10.2. The van der Waals surface area contributed by atoms with Crippen LogP contribution in [0, 0.1) is 6.92 Å². The quantitative estimate of drug-likeness (QED) is 0.212. The molecule has 0 saturated heterocycles. The average molecular weight is 558 g/mol. The number of aliphatic imine (C=N–C) groups is 1. The van der Waals surface area contributed by atoms with Gasteiger partial charge in [-0.3, -0.25) is 0 Å². The van der Waals surface area contributed by atoms with Crippen molar-refractivity contribution >= 4 is 41.7 Å². The van der Waals surface area contributed by atoms with Crippen molar-refractivity contribution in [1.29, 1.82) is 0 Å². The minimum Gasteiger partial charge on any atom is -0.405 e. The van der Waals surface area contributed by atoms with Crippen molar-refractivity contribution in [2.45, 2.75) is 32.8 Å². The first kappa shape index (κ1) is 26.3. The first-order valence-electron chi connectivity index (χ1n) is 9.00. The van der Waals surface area contributed by atoms with Crippen molar-refractivity contribution < 1.29 is 17.9 Å². The molecule has 30 heavy (non-hydrogen) atoms. The summed E-state index contributed by atoms with van der Waals surface area (Å²) in [5.41, 5.74) is 0.338. The van der Waals surface area contributed by atoms with E-state index in [0.29, 0.717) is 24.6 Å². The number of nitrogens with one attached hydrogen (secondary N) is 2. The largest absolute Gasteiger partial charge is 0.573 e. The molecule has 0 bridgehead atoms. The zero-order valence-corrected chi connectivity index (χ0v) is 20.1. The van der Waals surface area contributed by atoms with E-state index >= 15 is 0 Å². The van der Waals surface area contributed by atoms with Gasteiger partial charge in [0.2, 0.25) is 0 Å². The number of aromatic nitrogens is 3. The van der Waals surface area contributed by atoms with Crippen LogP contribution in [0.5, 0.6) is 5.75 Å². The number of hydrogen-bond donors (Lipinski definition) is 2. The molecule has 1 aromatic heterocycles. The molecule has 2 rings (SSSR count). The average Bonchev–Trinajstić information content (AvgIpc) is 2.98. The van der Waals surface area contributed by atoms with Crippen LogP contribution in [0.4, 0.5) is 13.2 Å². The summed E-state index contributed by atoms with van der Waals surface area (Å²) in [6.07, 6.45) is -1.79. The minimum absolute atomic E-state index is 0. The minimum atomic E-state index is -4.75. The molecule has 1 heterocycles. The number of benzene rings is 1. The standard InChI is InChI=1S/C18H25F3N6OS.HI/c1-13-25-26-16(27(13)2)12-24-17(22-9-6-10-29-3)23-11-14-7-4-5-8-15(14)28-18(19,20)21;/h4-5,7-8H,6,9-12H2,1-3H3,(H2,22,23,24);1H. The molecule has 12 heteroatoms. The van der Waals surface area contributed by atoms with Crippen LogP contribution in [0.15, 0.2) is 29.3 Å². The summed E-state index contributed by atoms with van der Waals surface area (Å²) in [6, 6.07) is 5.97. The lowest BCUT2D eigenvalue weighted by molar-refractivity contribution is -0.274. The zero-order chi connectivity index (χ0) is 21.3. The Labute approximate surface area is 195 Å². The summed E-state index contributed by atoms with van der Waals surface area (Å²) in [4.78, 5) is 4.42. The van der Waals surface area contributed by atoms with Crippen molar-refractivity contribution in [1.82, 2.24) is 25.4 Å². The first-order valence-corrected chi connectivity index (χ1v) is 10.4. The van der Waals surface area contributed by atoms with Gasteiger partial charge in [0.25, 0.3) is 0 Å². The molecule has 2 N–H and O–H groups in total. The first-order chi connectivity index (χ1) is 13.8. The highest BCUT2D eigenvalue weighted by molar-refractivity contribution is 14.0. The number of nitrogens with zero attached hydrogens (tertiary/aromatic N) is 4. The Hall–Kier alpha value is -1.70. The highest BCUT2D eigenvalue weighted by atomic mass is 127. The monoisotopic (exact) mass is 558 g/mol. The smallest absolute Gasteiger partial charge is 0.405 e. The molecule has 0 amide bonds. The van der Waals surface area contributed by atoms with E-state index in [0.717, 1.165) is 23.8 Å². The van der Waals surface area contributed by atoms with E-state index in [-0.39, 0.29) is 36.3 Å². The van der Waals surface area contributed by atoms with Gasteiger partial charge in [0.1, 0.15) is 11.6 Å². The predicted octanol–water partition coefficient (Wildman–Crippen LogP) is 3.63. The van der Waals surface area contributed by atoms with E-state index in [4.69, 9.17) is 0 Å². The Balaban J connectivity index is 0.00000450. The molecule has 0 spiro atoms. The van der Waals surface area contributed by atoms with Gasteiger partial charge in [-0.1, -0.05) is 18.2 Å². The maximum atomic E-state index is 12.6. The van der Waals surface area contributed by atoms with Crippen LogP contribution in [0.1, 0.15) is 23.6 Å². The fourth-order valence-corrected chi connectivity index (χ4v) is 2.82. The van der Waals surface area contributed by atoms with Crippen molar-refractivity contribution in [2.75, 3.05) is 18.6 Å². The van der Waals surface area contributed by atoms with Crippen LogP contribution in [-0.2, 0) is 20.1 Å². The normalized spacial score (nSPS) is 11.7. The summed E-state index contributed by atoms with van der Waals surface area (Å²) in [5, 5.41) is 14.4. The Morgan fingerprint density at radius 2 is 1.97 bits per heavy atom. The number of para-hydroxylation sites is 1. The molecule has 1 aromatic carbocycles. The van der Waals surface area contributed by atoms with Gasteiger partial charge in [0.05, 0.1) is 13.1 Å². The zero-order valence-electron chi connectivity index (χ0n) is 17.0. The maximum absolute atomic E-state index is 12.6. The van der Waals surface area contributed by atoms with Crippen LogP contribution in [-0.4, -0.2) is 45.6 Å². The van der Waals surface area contributed by atoms with Crippen molar-refractivity contribution in [2.24, 2.45) is 12.0 Å². The summed E-state index contributed by atoms with van der Waals surface area (Å²) < 4.78 is 43.8. The van der Waals surface area contributed by atoms with Crippen LogP contribution < -0.4 is 15.4 Å². The second-order valence-corrected chi connectivity index (χ2v) is 7.16. The molecule has 0 aliphatic rings. The molecule has 0 fully saturated rings. The molecule has 7 nitrogen and oxygen atoms in total. The number of hydrogen-bond acceptors (Lipinski definition) is 5. The molecule has 0 unspecified atom stereocenters. The van der Waals surface area contributed by atoms with Crippen molar-refractivity contribution in [3.8, 4) is 5.75 Å². The van der Waals surface area contributed by atoms with Gasteiger partial charge in [-0.2, -0.15) is 11.8 Å². The van der Waals surface area contributed by atoms with E-state index < -0.39 is 6.36 Å². The van der Waals surface area contributed by atoms with Crippen LogP contribution in [0.25, 0.3) is 0 Å². The Morgan fingerprint density at radius 1 is 1.23 bits per heavy atom. The van der Waals surface area contributed by atoms with Crippen LogP contribution >= 0.6 is 35.7 Å². The molecular weight excluding hydrogens is 532 g/mol. The number of thioether (sulfide) groups is 1. The summed E-state index contributed by atoms with van der Waals surface area (Å²) in [7, 11) is 1.86. The molecular formula is C18H26F3IN6OS. The lowest BCUT2D eigenvalue weighted by Gasteiger charge is -2.14. The third-order valence-corrected chi connectivity index (χ3v) is 4.72. The third-order valence-electron chi connectivity index (χ3n) is 4.02. The van der Waals surface area contributed by atoms with E-state index in [2.05, 4.69) is 30.6 Å². The fraction of sp³-hybridized carbons (Fsp3) is 0.500. The third kappa shape index (κ3) is 8.98. The summed E-state index contributed by atoms with van der Waals surface area (Å²) in [5.74, 6) is 2.72. The molecule has 0 aliphatic heterocycles. The molecule has 168 valence electrons. The molecule has 0 radical (unpaired) electrons. The maximum Gasteiger partial charge on any atom is 0.573 e. The lowest BCUT2D eigenvalue weighted by Crippen LogP contribution is -2.38. The highest BCUT2D eigenvalue weighted by Gasteiger charge is 2.31. The van der Waals surface area contributed by atoms with Crippen molar-refractivity contribution in [3.05, 3.63) is 41.5 Å². The van der Waals surface area contributed by atoms with Gasteiger partial charge in [0.15, 0.2) is 11.8 Å². The van der Waals surface area contributed by atoms with Crippen LogP contribution in [0.2, 0.25) is 0 Å². The van der Waals surface area contributed by atoms with Gasteiger partial charge in [-0.25, -0.2) is 4.99 Å². The number of aryl methyl sites for hydroxylation is 1. The van der Waals surface area contributed by atoms with Gasteiger partial charge in [-0.05, 0) is 31.4 Å². The van der Waals surface area contributed by atoms with E-state index in [1.807, 2.05) is 24.8 Å². The summed E-state index contributed by atoms with van der Waals surface area (Å²) in [6.45, 7) is 2.95. The second kappa shape index (κ2) is 12.9. The van der Waals surface area contributed by atoms with Gasteiger partial charge < -0.3 is 19.9 Å². The van der Waals surface area contributed by atoms with E-state index in [1.54, 1.807) is 23.9 Å². The van der Waals surface area contributed by atoms with Crippen LogP contribution in [0.3, 0.4) is 0 Å². The number of guanidine groups is 1. The number of ether oxygens (including phenoxy) is 1. The fourth-order valence-electron chi connectivity index (χ4n) is 2.39. The molecule has 2 aromatic rings. The van der Waals surface area contributed by atoms with E-state index in [1.165, 1.54) is 12.1 Å². The van der Waals surface area contributed by atoms with E-state index in [9.17, 15) is 13.2 Å². The molecule has 0 aliphatic carbocycles. The highest BCUT2D eigenvalue weighted by Crippen LogP contribution is 2.26.